The Bertz CT molecular complexity index is 591. The first-order valence-corrected chi connectivity index (χ1v) is 7.46. The van der Waals surface area contributed by atoms with Crippen molar-refractivity contribution >= 4 is 0 Å². The van der Waals surface area contributed by atoms with E-state index in [2.05, 4.69) is 17.1 Å². The predicted molar refractivity (Wildman–Crippen MR) is 82.1 cm³/mol. The highest BCUT2D eigenvalue weighted by molar-refractivity contribution is 5.34. The Morgan fingerprint density at radius 2 is 1.86 bits per heavy atom. The van der Waals surface area contributed by atoms with Crippen molar-refractivity contribution in [2.45, 2.75) is 31.3 Å². The van der Waals surface area contributed by atoms with Gasteiger partial charge < -0.3 is 9.84 Å². The van der Waals surface area contributed by atoms with Gasteiger partial charge in [0.2, 0.25) is 0 Å². The molecule has 1 aromatic heterocycles. The molecule has 2 heterocycles. The molecule has 2 aromatic rings. The molecule has 21 heavy (non-hydrogen) atoms. The third-order valence-electron chi connectivity index (χ3n) is 4.63. The van der Waals surface area contributed by atoms with Gasteiger partial charge in [0, 0.05) is 36.6 Å². The molecule has 3 heteroatoms. The Balaban J connectivity index is 2.06. The van der Waals surface area contributed by atoms with Crippen molar-refractivity contribution < 1.29 is 9.84 Å². The van der Waals surface area contributed by atoms with Gasteiger partial charge in [0.25, 0.3) is 0 Å². The summed E-state index contributed by atoms with van der Waals surface area (Å²) in [5.74, 6) is 0. The minimum Gasteiger partial charge on any atom is -0.387 e. The normalized spacial score (nSPS) is 19.1. The topological polar surface area (TPSA) is 42.4 Å². The molecule has 1 unspecified atom stereocenters. The molecule has 0 radical (unpaired) electrons. The van der Waals surface area contributed by atoms with Crippen molar-refractivity contribution in [2.75, 3.05) is 13.2 Å². The summed E-state index contributed by atoms with van der Waals surface area (Å²) < 4.78 is 5.54. The molecule has 0 saturated carbocycles. The summed E-state index contributed by atoms with van der Waals surface area (Å²) in [6.45, 7) is 3.40. The van der Waals surface area contributed by atoms with Crippen LogP contribution in [0.15, 0.2) is 48.8 Å². The van der Waals surface area contributed by atoms with Crippen LogP contribution in [0.3, 0.4) is 0 Å². The second-order valence-electron chi connectivity index (χ2n) is 5.77. The average Bonchev–Trinajstić information content (AvgIpc) is 2.56. The Kier molecular flexibility index (Phi) is 4.04. The number of rotatable bonds is 3. The third-order valence-corrected chi connectivity index (χ3v) is 4.63. The zero-order valence-electron chi connectivity index (χ0n) is 12.3. The van der Waals surface area contributed by atoms with Crippen LogP contribution in [-0.4, -0.2) is 23.3 Å². The fourth-order valence-corrected chi connectivity index (χ4v) is 3.29. The van der Waals surface area contributed by atoms with Gasteiger partial charge in [-0.2, -0.15) is 0 Å². The predicted octanol–water partition coefficient (Wildman–Crippen LogP) is 3.17. The van der Waals surface area contributed by atoms with Gasteiger partial charge in [-0.25, -0.2) is 0 Å². The molecule has 1 saturated heterocycles. The third kappa shape index (κ3) is 2.59. The first-order valence-electron chi connectivity index (χ1n) is 7.46. The minimum absolute atomic E-state index is 0.284. The maximum absolute atomic E-state index is 11.1. The fourth-order valence-electron chi connectivity index (χ4n) is 3.29. The standard InChI is InChI=1S/C18H21NO2/c1-14-7-10-19-13-16(14)17(20)18(8-11-21-12-9-18)15-5-3-2-4-6-15/h2-7,10,13,17,20H,8-9,11-12H2,1H3. The molecular weight excluding hydrogens is 262 g/mol. The number of ether oxygens (including phenoxy) is 1. The maximum Gasteiger partial charge on any atom is 0.0905 e. The summed E-state index contributed by atoms with van der Waals surface area (Å²) >= 11 is 0. The van der Waals surface area contributed by atoms with Gasteiger partial charge in [0.05, 0.1) is 6.10 Å². The first kappa shape index (κ1) is 14.2. The van der Waals surface area contributed by atoms with E-state index >= 15 is 0 Å². The van der Waals surface area contributed by atoms with Crippen molar-refractivity contribution in [3.8, 4) is 0 Å². The molecule has 1 fully saturated rings. The van der Waals surface area contributed by atoms with Crippen molar-refractivity contribution in [1.29, 1.82) is 0 Å². The highest BCUT2D eigenvalue weighted by Gasteiger charge is 2.42. The summed E-state index contributed by atoms with van der Waals surface area (Å²) in [4.78, 5) is 4.19. The molecule has 0 amide bonds. The zero-order chi connectivity index (χ0) is 14.7. The van der Waals surface area contributed by atoms with Crippen LogP contribution in [0.1, 0.15) is 35.6 Å². The van der Waals surface area contributed by atoms with Crippen molar-refractivity contribution in [3.05, 3.63) is 65.5 Å². The number of aryl methyl sites for hydroxylation is 1. The lowest BCUT2D eigenvalue weighted by molar-refractivity contribution is -0.0174. The second-order valence-corrected chi connectivity index (χ2v) is 5.77. The number of benzene rings is 1. The molecule has 1 aliphatic heterocycles. The van der Waals surface area contributed by atoms with Gasteiger partial charge in [0.15, 0.2) is 0 Å². The lowest BCUT2D eigenvalue weighted by atomic mass is 9.68. The molecule has 3 rings (SSSR count). The number of pyridine rings is 1. The zero-order valence-corrected chi connectivity index (χ0v) is 12.3. The minimum atomic E-state index is -0.558. The van der Waals surface area contributed by atoms with Crippen molar-refractivity contribution in [3.63, 3.8) is 0 Å². The summed E-state index contributed by atoms with van der Waals surface area (Å²) in [7, 11) is 0. The fraction of sp³-hybridized carbons (Fsp3) is 0.389. The Hall–Kier alpha value is -1.71. The number of nitrogens with zero attached hydrogens (tertiary/aromatic N) is 1. The number of aromatic nitrogens is 1. The van der Waals surface area contributed by atoms with E-state index in [-0.39, 0.29) is 5.41 Å². The van der Waals surface area contributed by atoms with E-state index in [1.807, 2.05) is 31.2 Å². The van der Waals surface area contributed by atoms with E-state index in [1.165, 1.54) is 5.56 Å². The van der Waals surface area contributed by atoms with Gasteiger partial charge in [0.1, 0.15) is 0 Å². The van der Waals surface area contributed by atoms with Crippen LogP contribution in [0.5, 0.6) is 0 Å². The Morgan fingerprint density at radius 3 is 2.52 bits per heavy atom. The van der Waals surface area contributed by atoms with Gasteiger partial charge in [-0.1, -0.05) is 30.3 Å². The maximum atomic E-state index is 11.1. The van der Waals surface area contributed by atoms with E-state index in [0.29, 0.717) is 13.2 Å². The first-order chi connectivity index (χ1) is 10.2. The summed E-state index contributed by atoms with van der Waals surface area (Å²) in [5.41, 5.74) is 2.90. The second kappa shape index (κ2) is 5.96. The van der Waals surface area contributed by atoms with Crippen LogP contribution >= 0.6 is 0 Å². The number of hydrogen-bond donors (Lipinski definition) is 1. The van der Waals surface area contributed by atoms with Crippen LogP contribution < -0.4 is 0 Å². The van der Waals surface area contributed by atoms with Gasteiger partial charge in [-0.3, -0.25) is 4.98 Å². The molecule has 1 atom stereocenters. The molecule has 0 aliphatic carbocycles. The molecule has 1 N–H and O–H groups in total. The van der Waals surface area contributed by atoms with Crippen LogP contribution in [0.4, 0.5) is 0 Å². The smallest absolute Gasteiger partial charge is 0.0905 e. The van der Waals surface area contributed by atoms with Crippen molar-refractivity contribution in [2.24, 2.45) is 0 Å². The number of hydrogen-bond acceptors (Lipinski definition) is 3. The lowest BCUT2D eigenvalue weighted by Gasteiger charge is -2.42. The number of aliphatic hydroxyl groups excluding tert-OH is 1. The van der Waals surface area contributed by atoms with Crippen LogP contribution in [0, 0.1) is 6.92 Å². The van der Waals surface area contributed by atoms with Crippen molar-refractivity contribution in [1.82, 2.24) is 4.98 Å². The van der Waals surface area contributed by atoms with E-state index < -0.39 is 6.10 Å². The quantitative estimate of drug-likeness (QED) is 0.940. The Morgan fingerprint density at radius 1 is 1.14 bits per heavy atom. The summed E-state index contributed by atoms with van der Waals surface area (Å²) in [6.07, 6.45) is 4.65. The van der Waals surface area contributed by atoms with Gasteiger partial charge >= 0.3 is 0 Å². The largest absolute Gasteiger partial charge is 0.387 e. The van der Waals surface area contributed by atoms with E-state index in [9.17, 15) is 5.11 Å². The molecule has 0 bridgehead atoms. The van der Waals surface area contributed by atoms with E-state index in [0.717, 1.165) is 24.0 Å². The van der Waals surface area contributed by atoms with E-state index in [1.54, 1.807) is 12.4 Å². The summed E-state index contributed by atoms with van der Waals surface area (Å²) in [6, 6.07) is 12.3. The highest BCUT2D eigenvalue weighted by atomic mass is 16.5. The lowest BCUT2D eigenvalue weighted by Crippen LogP contribution is -2.40. The monoisotopic (exact) mass is 283 g/mol. The molecular formula is C18H21NO2. The van der Waals surface area contributed by atoms with Gasteiger partial charge in [-0.15, -0.1) is 0 Å². The molecule has 110 valence electrons. The SMILES string of the molecule is Cc1ccncc1C(O)C1(c2ccccc2)CCOCC1. The van der Waals surface area contributed by atoms with Gasteiger partial charge in [-0.05, 0) is 37.0 Å². The number of aliphatic hydroxyl groups is 1. The highest BCUT2D eigenvalue weighted by Crippen LogP contribution is 2.45. The molecule has 1 aromatic carbocycles. The van der Waals surface area contributed by atoms with Crippen LogP contribution in [0.2, 0.25) is 0 Å². The summed E-state index contributed by atoms with van der Waals surface area (Å²) in [5, 5.41) is 11.1. The van der Waals surface area contributed by atoms with Crippen LogP contribution in [0.25, 0.3) is 0 Å². The average molecular weight is 283 g/mol. The molecule has 1 aliphatic rings. The van der Waals surface area contributed by atoms with E-state index in [4.69, 9.17) is 4.74 Å². The Labute approximate surface area is 125 Å². The van der Waals surface area contributed by atoms with Crippen LogP contribution in [-0.2, 0) is 10.2 Å². The molecule has 3 nitrogen and oxygen atoms in total. The molecule has 0 spiro atoms.